The van der Waals surface area contributed by atoms with Crippen LogP contribution in [0.3, 0.4) is 0 Å². The van der Waals surface area contributed by atoms with Gasteiger partial charge >= 0.3 is 0 Å². The van der Waals surface area contributed by atoms with E-state index in [0.717, 1.165) is 54.4 Å². The molecule has 7 nitrogen and oxygen atoms in total. The maximum absolute atomic E-state index is 13.9. The average Bonchev–Trinajstić information content (AvgIpc) is 2.82. The third-order valence-corrected chi connectivity index (χ3v) is 8.84. The highest BCUT2D eigenvalue weighted by Crippen LogP contribution is 2.31. The number of hydrogen-bond donors (Lipinski definition) is 1. The molecule has 0 atom stereocenters. The second-order valence-electron chi connectivity index (χ2n) is 9.36. The quantitative estimate of drug-likeness (QED) is 0.523. The van der Waals surface area contributed by atoms with Gasteiger partial charge in [-0.3, -0.25) is 4.79 Å². The van der Waals surface area contributed by atoms with Gasteiger partial charge < -0.3 is 14.8 Å². The highest BCUT2D eigenvalue weighted by Gasteiger charge is 2.35. The summed E-state index contributed by atoms with van der Waals surface area (Å²) < 4.78 is 39.8. The zero-order chi connectivity index (χ0) is 25.6. The molecule has 0 aromatic heterocycles. The van der Waals surface area contributed by atoms with Crippen molar-refractivity contribution in [1.82, 2.24) is 9.62 Å². The topological polar surface area (TPSA) is 84.9 Å². The first-order valence-electron chi connectivity index (χ1n) is 12.2. The SMILES string of the molecule is COc1ccc(CCNC(=O)CN(C2CCCCC2)S(=O)(=O)c2c(C)cc(C)cc2C)cc1OC. The predicted octanol–water partition coefficient (Wildman–Crippen LogP) is 4.31. The number of ether oxygens (including phenoxy) is 2. The first-order chi connectivity index (χ1) is 16.7. The number of rotatable bonds is 10. The highest BCUT2D eigenvalue weighted by atomic mass is 32.2. The molecule has 0 saturated heterocycles. The fourth-order valence-corrected chi connectivity index (χ4v) is 7.11. The van der Waals surface area contributed by atoms with Gasteiger partial charge in [-0.15, -0.1) is 0 Å². The first-order valence-corrected chi connectivity index (χ1v) is 13.7. The Balaban J connectivity index is 1.74. The van der Waals surface area contributed by atoms with Crippen LogP contribution in [-0.2, 0) is 21.2 Å². The number of nitrogens with zero attached hydrogens (tertiary/aromatic N) is 1. The molecule has 1 aliphatic rings. The van der Waals surface area contributed by atoms with Crippen LogP contribution in [0.15, 0.2) is 35.2 Å². The summed E-state index contributed by atoms with van der Waals surface area (Å²) in [6, 6.07) is 9.26. The minimum Gasteiger partial charge on any atom is -0.493 e. The summed E-state index contributed by atoms with van der Waals surface area (Å²) in [7, 11) is -0.654. The summed E-state index contributed by atoms with van der Waals surface area (Å²) in [5, 5.41) is 2.91. The summed E-state index contributed by atoms with van der Waals surface area (Å²) in [6.07, 6.45) is 5.21. The van der Waals surface area contributed by atoms with Crippen LogP contribution in [0.25, 0.3) is 0 Å². The van der Waals surface area contributed by atoms with Crippen LogP contribution in [-0.4, -0.2) is 52.0 Å². The average molecular weight is 503 g/mol. The van der Waals surface area contributed by atoms with Crippen LogP contribution >= 0.6 is 0 Å². The second-order valence-corrected chi connectivity index (χ2v) is 11.2. The Morgan fingerprint density at radius 1 is 0.971 bits per heavy atom. The summed E-state index contributed by atoms with van der Waals surface area (Å²) >= 11 is 0. The van der Waals surface area contributed by atoms with Crippen LogP contribution in [0.1, 0.15) is 54.4 Å². The van der Waals surface area contributed by atoms with E-state index in [9.17, 15) is 13.2 Å². The summed E-state index contributed by atoms with van der Waals surface area (Å²) in [5.41, 5.74) is 3.45. The fraction of sp³-hybridized carbons (Fsp3) is 0.519. The van der Waals surface area contributed by atoms with Crippen molar-refractivity contribution in [2.75, 3.05) is 27.3 Å². The van der Waals surface area contributed by atoms with E-state index < -0.39 is 10.0 Å². The Morgan fingerprint density at radius 3 is 2.20 bits per heavy atom. The molecule has 2 aromatic rings. The molecular weight excluding hydrogens is 464 g/mol. The van der Waals surface area contributed by atoms with Gasteiger partial charge in [-0.1, -0.05) is 43.0 Å². The molecule has 8 heteroatoms. The molecule has 192 valence electrons. The number of hydrogen-bond acceptors (Lipinski definition) is 5. The minimum atomic E-state index is -3.83. The van der Waals surface area contributed by atoms with E-state index in [0.29, 0.717) is 29.4 Å². The van der Waals surface area contributed by atoms with Gasteiger partial charge in [-0.05, 0) is 68.9 Å². The van der Waals surface area contributed by atoms with E-state index in [2.05, 4.69) is 5.32 Å². The van der Waals surface area contributed by atoms with E-state index in [1.54, 1.807) is 14.2 Å². The standard InChI is InChI=1S/C27H38N2O5S/c1-19-15-20(2)27(21(3)16-19)35(31,32)29(23-9-7-6-8-10-23)18-26(30)28-14-13-22-11-12-24(33-4)25(17-22)34-5/h11-12,15-17,23H,6-10,13-14,18H2,1-5H3,(H,28,30). The van der Waals surface area contributed by atoms with Crippen molar-refractivity contribution in [2.45, 2.75) is 70.2 Å². The normalized spacial score (nSPS) is 14.7. The zero-order valence-electron chi connectivity index (χ0n) is 21.5. The molecular formula is C27H38N2O5S. The zero-order valence-corrected chi connectivity index (χ0v) is 22.3. The molecule has 35 heavy (non-hydrogen) atoms. The molecule has 1 amide bonds. The molecule has 1 fully saturated rings. The highest BCUT2D eigenvalue weighted by molar-refractivity contribution is 7.89. The lowest BCUT2D eigenvalue weighted by Gasteiger charge is -2.33. The van der Waals surface area contributed by atoms with Gasteiger partial charge in [0.25, 0.3) is 0 Å². The van der Waals surface area contributed by atoms with Crippen molar-refractivity contribution in [3.05, 3.63) is 52.6 Å². The second kappa shape index (κ2) is 11.9. The molecule has 1 N–H and O–H groups in total. The van der Waals surface area contributed by atoms with Gasteiger partial charge in [0, 0.05) is 12.6 Å². The number of methoxy groups -OCH3 is 2. The molecule has 2 aromatic carbocycles. The molecule has 0 aliphatic heterocycles. The summed E-state index contributed by atoms with van der Waals surface area (Å²) in [4.78, 5) is 13.3. The van der Waals surface area contributed by atoms with Crippen molar-refractivity contribution >= 4 is 15.9 Å². The number of nitrogens with one attached hydrogen (secondary N) is 1. The summed E-state index contributed by atoms with van der Waals surface area (Å²) in [6.45, 7) is 5.84. The Kier molecular flexibility index (Phi) is 9.19. The van der Waals surface area contributed by atoms with Crippen LogP contribution in [0, 0.1) is 20.8 Å². The van der Waals surface area contributed by atoms with Crippen LogP contribution in [0.4, 0.5) is 0 Å². The molecule has 0 bridgehead atoms. The minimum absolute atomic E-state index is 0.162. The predicted molar refractivity (Wildman–Crippen MR) is 138 cm³/mol. The first kappa shape index (κ1) is 27.0. The van der Waals surface area contributed by atoms with Crippen LogP contribution < -0.4 is 14.8 Å². The van der Waals surface area contributed by atoms with Crippen molar-refractivity contribution in [2.24, 2.45) is 0 Å². The van der Waals surface area contributed by atoms with Gasteiger partial charge in [0.15, 0.2) is 11.5 Å². The van der Waals surface area contributed by atoms with E-state index in [1.165, 1.54) is 4.31 Å². The largest absolute Gasteiger partial charge is 0.493 e. The van der Waals surface area contributed by atoms with E-state index >= 15 is 0 Å². The van der Waals surface area contributed by atoms with Crippen LogP contribution in [0.2, 0.25) is 0 Å². The van der Waals surface area contributed by atoms with Gasteiger partial charge in [-0.2, -0.15) is 4.31 Å². The third-order valence-electron chi connectivity index (χ3n) is 6.64. The molecule has 0 spiro atoms. The van der Waals surface area contributed by atoms with Gasteiger partial charge in [-0.25, -0.2) is 8.42 Å². The Labute approximate surface area is 209 Å². The van der Waals surface area contributed by atoms with E-state index in [-0.39, 0.29) is 18.5 Å². The Morgan fingerprint density at radius 2 is 1.60 bits per heavy atom. The molecule has 1 saturated carbocycles. The third kappa shape index (κ3) is 6.55. The van der Waals surface area contributed by atoms with E-state index in [1.807, 2.05) is 51.1 Å². The van der Waals surface area contributed by atoms with E-state index in [4.69, 9.17) is 9.47 Å². The number of amides is 1. The number of aryl methyl sites for hydroxylation is 3. The molecule has 3 rings (SSSR count). The van der Waals surface area contributed by atoms with Gasteiger partial charge in [0.2, 0.25) is 15.9 Å². The van der Waals surface area contributed by atoms with Crippen molar-refractivity contribution in [3.63, 3.8) is 0 Å². The lowest BCUT2D eigenvalue weighted by Crippen LogP contribution is -2.47. The number of sulfonamides is 1. The molecule has 0 heterocycles. The van der Waals surface area contributed by atoms with Gasteiger partial charge in [0.1, 0.15) is 0 Å². The number of carbonyl (C=O) groups excluding carboxylic acids is 1. The lowest BCUT2D eigenvalue weighted by atomic mass is 9.95. The molecule has 1 aliphatic carbocycles. The Hall–Kier alpha value is -2.58. The van der Waals surface area contributed by atoms with Crippen molar-refractivity contribution in [1.29, 1.82) is 0 Å². The lowest BCUT2D eigenvalue weighted by molar-refractivity contribution is -0.121. The smallest absolute Gasteiger partial charge is 0.244 e. The number of benzene rings is 2. The van der Waals surface area contributed by atoms with Gasteiger partial charge in [0.05, 0.1) is 25.7 Å². The maximum atomic E-state index is 13.9. The Bertz CT molecular complexity index is 1120. The van der Waals surface area contributed by atoms with Crippen molar-refractivity contribution < 1.29 is 22.7 Å². The monoisotopic (exact) mass is 502 g/mol. The molecule has 0 unspecified atom stereocenters. The number of carbonyl (C=O) groups is 1. The summed E-state index contributed by atoms with van der Waals surface area (Å²) in [5.74, 6) is 0.993. The van der Waals surface area contributed by atoms with Crippen LogP contribution in [0.5, 0.6) is 11.5 Å². The van der Waals surface area contributed by atoms with Crippen molar-refractivity contribution in [3.8, 4) is 11.5 Å². The fourth-order valence-electron chi connectivity index (χ4n) is 5.05. The molecule has 0 radical (unpaired) electrons. The maximum Gasteiger partial charge on any atom is 0.244 e.